The Morgan fingerprint density at radius 1 is 1.24 bits per heavy atom. The lowest BCUT2D eigenvalue weighted by atomic mass is 10.2. The van der Waals surface area contributed by atoms with Gasteiger partial charge in [0.15, 0.2) is 5.75 Å². The van der Waals surface area contributed by atoms with Crippen LogP contribution in [0.2, 0.25) is 0 Å². The van der Waals surface area contributed by atoms with Gasteiger partial charge in [0.05, 0.1) is 11.9 Å². The van der Waals surface area contributed by atoms with Gasteiger partial charge in [-0.1, -0.05) is 31.0 Å². The van der Waals surface area contributed by atoms with Crippen LogP contribution in [0.5, 0.6) is 5.75 Å². The molecule has 0 saturated carbocycles. The van der Waals surface area contributed by atoms with Gasteiger partial charge >= 0.3 is 0 Å². The summed E-state index contributed by atoms with van der Waals surface area (Å²) in [7, 11) is 0. The highest BCUT2D eigenvalue weighted by Gasteiger charge is 2.08. The van der Waals surface area contributed by atoms with Crippen molar-refractivity contribution in [3.63, 3.8) is 0 Å². The topological polar surface area (TPSA) is 38.0 Å². The van der Waals surface area contributed by atoms with E-state index >= 15 is 0 Å². The Bertz CT molecular complexity index is 485. The number of hydrogen-bond donors (Lipinski definition) is 1. The Morgan fingerprint density at radius 2 is 1.94 bits per heavy atom. The lowest BCUT2D eigenvalue weighted by molar-refractivity contribution is 0.467. The third-order valence-corrected chi connectivity index (χ3v) is 2.83. The number of rotatable bonds is 4. The molecule has 0 saturated heterocycles. The minimum Gasteiger partial charge on any atom is -0.504 e. The minimum absolute atomic E-state index is 0.291. The molecule has 0 aliphatic heterocycles. The van der Waals surface area contributed by atoms with Crippen LogP contribution in [0, 0.1) is 6.92 Å². The van der Waals surface area contributed by atoms with Crippen molar-refractivity contribution in [2.45, 2.75) is 33.1 Å². The highest BCUT2D eigenvalue weighted by atomic mass is 16.3. The zero-order chi connectivity index (χ0) is 12.3. The monoisotopic (exact) mass is 230 g/mol. The van der Waals surface area contributed by atoms with Crippen molar-refractivity contribution < 1.29 is 5.11 Å². The van der Waals surface area contributed by atoms with Crippen LogP contribution >= 0.6 is 0 Å². The van der Waals surface area contributed by atoms with Gasteiger partial charge in [-0.2, -0.15) is 5.10 Å². The van der Waals surface area contributed by atoms with Gasteiger partial charge in [-0.3, -0.25) is 0 Å². The molecule has 0 atom stereocenters. The molecule has 0 unspecified atom stereocenters. The Hall–Kier alpha value is -1.77. The SMILES string of the molecule is CCCCc1nn(-c2ccc(C)cc2)cc1O. The van der Waals surface area contributed by atoms with Crippen LogP contribution in [-0.2, 0) is 6.42 Å². The molecule has 0 bridgehead atoms. The van der Waals surface area contributed by atoms with Crippen LogP contribution in [-0.4, -0.2) is 14.9 Å². The molecule has 2 rings (SSSR count). The second-order valence-corrected chi connectivity index (χ2v) is 4.34. The average Bonchev–Trinajstić information content (AvgIpc) is 2.69. The molecular weight excluding hydrogens is 212 g/mol. The third kappa shape index (κ3) is 2.67. The third-order valence-electron chi connectivity index (χ3n) is 2.83. The Morgan fingerprint density at radius 3 is 2.59 bits per heavy atom. The van der Waals surface area contributed by atoms with Gasteiger partial charge in [0.1, 0.15) is 5.69 Å². The lowest BCUT2D eigenvalue weighted by Crippen LogP contribution is -1.96. The van der Waals surface area contributed by atoms with Gasteiger partial charge in [0, 0.05) is 0 Å². The number of aromatic nitrogens is 2. The van der Waals surface area contributed by atoms with Crippen molar-refractivity contribution in [1.82, 2.24) is 9.78 Å². The fourth-order valence-corrected chi connectivity index (χ4v) is 1.75. The molecule has 0 spiro atoms. The first kappa shape index (κ1) is 11.7. The molecule has 3 heteroatoms. The summed E-state index contributed by atoms with van der Waals surface area (Å²) in [5.41, 5.74) is 2.98. The van der Waals surface area contributed by atoms with E-state index in [1.165, 1.54) is 5.56 Å². The molecule has 2 aromatic rings. The second kappa shape index (κ2) is 5.04. The number of aryl methyl sites for hydroxylation is 2. The molecule has 1 N–H and O–H groups in total. The summed E-state index contributed by atoms with van der Waals surface area (Å²) in [4.78, 5) is 0. The van der Waals surface area contributed by atoms with Gasteiger partial charge in [0.2, 0.25) is 0 Å². The van der Waals surface area contributed by atoms with Gasteiger partial charge in [0.25, 0.3) is 0 Å². The van der Waals surface area contributed by atoms with E-state index in [9.17, 15) is 5.11 Å². The van der Waals surface area contributed by atoms with E-state index in [0.29, 0.717) is 5.75 Å². The molecule has 0 aliphatic rings. The summed E-state index contributed by atoms with van der Waals surface area (Å²) in [6.07, 6.45) is 4.67. The van der Waals surface area contributed by atoms with Crippen molar-refractivity contribution in [3.8, 4) is 11.4 Å². The smallest absolute Gasteiger partial charge is 0.157 e. The van der Waals surface area contributed by atoms with E-state index in [-0.39, 0.29) is 0 Å². The lowest BCUT2D eigenvalue weighted by Gasteiger charge is -2.00. The van der Waals surface area contributed by atoms with E-state index in [2.05, 4.69) is 18.9 Å². The molecule has 0 radical (unpaired) electrons. The molecule has 3 nitrogen and oxygen atoms in total. The van der Waals surface area contributed by atoms with Crippen LogP contribution in [0.3, 0.4) is 0 Å². The number of benzene rings is 1. The van der Waals surface area contributed by atoms with Gasteiger partial charge in [-0.25, -0.2) is 4.68 Å². The first-order chi connectivity index (χ1) is 8.20. The van der Waals surface area contributed by atoms with Gasteiger partial charge in [-0.15, -0.1) is 0 Å². The molecule has 0 aliphatic carbocycles. The van der Waals surface area contributed by atoms with Crippen LogP contribution in [0.15, 0.2) is 30.5 Å². The first-order valence-electron chi connectivity index (χ1n) is 6.05. The zero-order valence-corrected chi connectivity index (χ0v) is 10.3. The summed E-state index contributed by atoms with van der Waals surface area (Å²) in [5.74, 6) is 0.291. The van der Waals surface area contributed by atoms with Crippen molar-refractivity contribution in [3.05, 3.63) is 41.7 Å². The molecule has 0 amide bonds. The van der Waals surface area contributed by atoms with Crippen molar-refractivity contribution in [2.24, 2.45) is 0 Å². The number of unbranched alkanes of at least 4 members (excludes halogenated alkanes) is 1. The highest BCUT2D eigenvalue weighted by molar-refractivity contribution is 5.36. The van der Waals surface area contributed by atoms with Gasteiger partial charge in [-0.05, 0) is 31.9 Å². The number of nitrogens with zero attached hydrogens (tertiary/aromatic N) is 2. The summed E-state index contributed by atoms with van der Waals surface area (Å²) in [6.45, 7) is 4.19. The molecular formula is C14H18N2O. The largest absolute Gasteiger partial charge is 0.504 e. The Kier molecular flexibility index (Phi) is 3.47. The van der Waals surface area contributed by atoms with E-state index in [1.807, 2.05) is 24.3 Å². The Labute approximate surface area is 102 Å². The van der Waals surface area contributed by atoms with Gasteiger partial charge < -0.3 is 5.11 Å². The van der Waals surface area contributed by atoms with Crippen LogP contribution in [0.25, 0.3) is 5.69 Å². The molecule has 17 heavy (non-hydrogen) atoms. The molecule has 0 fully saturated rings. The van der Waals surface area contributed by atoms with Crippen LogP contribution < -0.4 is 0 Å². The molecule has 1 aromatic carbocycles. The van der Waals surface area contributed by atoms with Crippen LogP contribution in [0.1, 0.15) is 31.0 Å². The molecule has 90 valence electrons. The highest BCUT2D eigenvalue weighted by Crippen LogP contribution is 2.20. The van der Waals surface area contributed by atoms with E-state index < -0.39 is 0 Å². The Balaban J connectivity index is 2.24. The predicted octanol–water partition coefficient (Wildman–Crippen LogP) is 3.23. The average molecular weight is 230 g/mol. The zero-order valence-electron chi connectivity index (χ0n) is 10.3. The summed E-state index contributed by atoms with van der Waals surface area (Å²) < 4.78 is 1.74. The van der Waals surface area contributed by atoms with E-state index in [1.54, 1.807) is 10.9 Å². The molecule has 1 aromatic heterocycles. The van der Waals surface area contributed by atoms with E-state index in [4.69, 9.17) is 0 Å². The summed E-state index contributed by atoms with van der Waals surface area (Å²) >= 11 is 0. The van der Waals surface area contributed by atoms with Crippen molar-refractivity contribution >= 4 is 0 Å². The summed E-state index contributed by atoms with van der Waals surface area (Å²) in [6, 6.07) is 8.09. The number of hydrogen-bond acceptors (Lipinski definition) is 2. The maximum absolute atomic E-state index is 9.79. The second-order valence-electron chi connectivity index (χ2n) is 4.34. The quantitative estimate of drug-likeness (QED) is 0.875. The maximum atomic E-state index is 9.79. The summed E-state index contributed by atoms with van der Waals surface area (Å²) in [5, 5.41) is 14.2. The maximum Gasteiger partial charge on any atom is 0.157 e. The molecule has 1 heterocycles. The van der Waals surface area contributed by atoms with Crippen LogP contribution in [0.4, 0.5) is 0 Å². The standard InChI is InChI=1S/C14H18N2O/c1-3-4-5-13-14(17)10-16(15-13)12-8-6-11(2)7-9-12/h6-10,17H,3-5H2,1-2H3. The normalized spacial score (nSPS) is 10.7. The first-order valence-corrected chi connectivity index (χ1v) is 6.05. The van der Waals surface area contributed by atoms with Crippen molar-refractivity contribution in [2.75, 3.05) is 0 Å². The number of aromatic hydroxyl groups is 1. The predicted molar refractivity (Wildman–Crippen MR) is 68.6 cm³/mol. The fraction of sp³-hybridized carbons (Fsp3) is 0.357. The minimum atomic E-state index is 0.291. The van der Waals surface area contributed by atoms with E-state index in [0.717, 1.165) is 30.6 Å². The van der Waals surface area contributed by atoms with Crippen molar-refractivity contribution in [1.29, 1.82) is 0 Å². The fourth-order valence-electron chi connectivity index (χ4n) is 1.75.